The molecule has 0 bridgehead atoms. The fraction of sp³-hybridized carbons (Fsp3) is 0.333. The van der Waals surface area contributed by atoms with Gasteiger partial charge < -0.3 is 0 Å². The van der Waals surface area contributed by atoms with Crippen LogP contribution in [0, 0.1) is 0 Å². The van der Waals surface area contributed by atoms with Crippen molar-refractivity contribution in [3.8, 4) is 0 Å². The molecule has 2 aromatic rings. The summed E-state index contributed by atoms with van der Waals surface area (Å²) in [5.41, 5.74) is 2.43. The van der Waals surface area contributed by atoms with Gasteiger partial charge in [0.1, 0.15) is 11.8 Å². The molecule has 2 rings (SSSR count). The Kier molecular flexibility index (Phi) is 1.88. The van der Waals surface area contributed by atoms with Crippen LogP contribution in [0.5, 0.6) is 0 Å². The number of fused-ring (bicyclic) bond motifs is 1. The first-order valence-corrected chi connectivity index (χ1v) is 4.20. The summed E-state index contributed by atoms with van der Waals surface area (Å²) in [5, 5.41) is 0. The van der Waals surface area contributed by atoms with Crippen LogP contribution in [0.4, 0.5) is 0 Å². The summed E-state index contributed by atoms with van der Waals surface area (Å²) in [6, 6.07) is 0. The molecule has 0 amide bonds. The fourth-order valence-corrected chi connectivity index (χ4v) is 1.24. The van der Waals surface area contributed by atoms with Gasteiger partial charge in [-0.1, -0.05) is 13.8 Å². The minimum absolute atomic E-state index is 0.349. The summed E-state index contributed by atoms with van der Waals surface area (Å²) in [6.07, 6.45) is 4.84. The first-order chi connectivity index (χ1) is 6.29. The van der Waals surface area contributed by atoms with E-state index in [9.17, 15) is 0 Å². The average Bonchev–Trinajstić information content (AvgIpc) is 2.17. The van der Waals surface area contributed by atoms with Crippen LogP contribution in [0.15, 0.2) is 18.7 Å². The zero-order valence-electron chi connectivity index (χ0n) is 7.60. The molecule has 66 valence electrons. The van der Waals surface area contributed by atoms with Gasteiger partial charge in [0, 0.05) is 12.4 Å². The van der Waals surface area contributed by atoms with Gasteiger partial charge in [0.05, 0.1) is 5.69 Å². The zero-order chi connectivity index (χ0) is 9.26. The van der Waals surface area contributed by atoms with Crippen LogP contribution in [0.3, 0.4) is 0 Å². The Hall–Kier alpha value is -1.58. The highest BCUT2D eigenvalue weighted by Crippen LogP contribution is 2.17. The molecule has 2 heterocycles. The van der Waals surface area contributed by atoms with Crippen molar-refractivity contribution in [2.24, 2.45) is 0 Å². The molecule has 0 radical (unpaired) electrons. The molecule has 0 spiro atoms. The van der Waals surface area contributed by atoms with Gasteiger partial charge in [-0.2, -0.15) is 0 Å². The quantitative estimate of drug-likeness (QED) is 0.658. The van der Waals surface area contributed by atoms with E-state index in [1.165, 1.54) is 6.33 Å². The van der Waals surface area contributed by atoms with Crippen molar-refractivity contribution in [1.29, 1.82) is 0 Å². The van der Waals surface area contributed by atoms with Crippen LogP contribution < -0.4 is 0 Å². The predicted octanol–water partition coefficient (Wildman–Crippen LogP) is 1.54. The van der Waals surface area contributed by atoms with E-state index < -0.39 is 0 Å². The zero-order valence-corrected chi connectivity index (χ0v) is 7.60. The Labute approximate surface area is 76.1 Å². The molecule has 0 unspecified atom stereocenters. The lowest BCUT2D eigenvalue weighted by Gasteiger charge is -2.04. The average molecular weight is 174 g/mol. The lowest BCUT2D eigenvalue weighted by atomic mass is 10.1. The van der Waals surface area contributed by atoms with E-state index in [0.717, 1.165) is 11.2 Å². The largest absolute Gasteiger partial charge is 0.249 e. The van der Waals surface area contributed by atoms with E-state index in [-0.39, 0.29) is 0 Å². The van der Waals surface area contributed by atoms with E-state index in [0.29, 0.717) is 11.6 Å². The minimum atomic E-state index is 0.349. The third-order valence-corrected chi connectivity index (χ3v) is 1.85. The maximum atomic E-state index is 4.21. The monoisotopic (exact) mass is 174 g/mol. The highest BCUT2D eigenvalue weighted by Gasteiger charge is 2.07. The van der Waals surface area contributed by atoms with Crippen LogP contribution in [0.2, 0.25) is 0 Å². The number of nitrogens with zero attached hydrogens (tertiary/aromatic N) is 4. The molecule has 0 aliphatic carbocycles. The van der Waals surface area contributed by atoms with Crippen molar-refractivity contribution in [2.75, 3.05) is 0 Å². The van der Waals surface area contributed by atoms with Gasteiger partial charge in [-0.05, 0) is 5.92 Å². The summed E-state index contributed by atoms with van der Waals surface area (Å²) < 4.78 is 0. The number of aromatic nitrogens is 4. The smallest absolute Gasteiger partial charge is 0.181 e. The molecule has 0 fully saturated rings. The van der Waals surface area contributed by atoms with Gasteiger partial charge in [-0.25, -0.2) is 19.9 Å². The van der Waals surface area contributed by atoms with Crippen molar-refractivity contribution < 1.29 is 0 Å². The van der Waals surface area contributed by atoms with Gasteiger partial charge in [-0.15, -0.1) is 0 Å². The van der Waals surface area contributed by atoms with Crippen molar-refractivity contribution in [2.45, 2.75) is 19.8 Å². The standard InChI is InChI=1S/C9H10N4/c1-6(2)7-8-9(13-5-12-7)11-4-3-10-8/h3-6H,1-2H3. The van der Waals surface area contributed by atoms with E-state index >= 15 is 0 Å². The molecular weight excluding hydrogens is 164 g/mol. The molecule has 0 saturated carbocycles. The third-order valence-electron chi connectivity index (χ3n) is 1.85. The molecule has 0 aliphatic rings. The summed E-state index contributed by atoms with van der Waals surface area (Å²) in [5.74, 6) is 0.349. The van der Waals surface area contributed by atoms with Crippen molar-refractivity contribution in [3.63, 3.8) is 0 Å². The van der Waals surface area contributed by atoms with Crippen molar-refractivity contribution in [1.82, 2.24) is 19.9 Å². The maximum absolute atomic E-state index is 4.21. The van der Waals surface area contributed by atoms with E-state index in [1.807, 2.05) is 0 Å². The van der Waals surface area contributed by atoms with Gasteiger partial charge in [0.25, 0.3) is 0 Å². The predicted molar refractivity (Wildman–Crippen MR) is 49.2 cm³/mol. The molecular formula is C9H10N4. The number of rotatable bonds is 1. The second-order valence-electron chi connectivity index (χ2n) is 3.14. The normalized spacial score (nSPS) is 11.0. The SMILES string of the molecule is CC(C)c1ncnc2nccnc12. The molecule has 0 saturated heterocycles. The fourth-order valence-electron chi connectivity index (χ4n) is 1.24. The van der Waals surface area contributed by atoms with Crippen LogP contribution in [0.25, 0.3) is 11.2 Å². The molecule has 0 aliphatic heterocycles. The lowest BCUT2D eigenvalue weighted by Crippen LogP contribution is -1.98. The number of hydrogen-bond donors (Lipinski definition) is 0. The number of hydrogen-bond acceptors (Lipinski definition) is 4. The Balaban J connectivity index is 2.76. The van der Waals surface area contributed by atoms with Gasteiger partial charge >= 0.3 is 0 Å². The van der Waals surface area contributed by atoms with Gasteiger partial charge in [0.2, 0.25) is 0 Å². The Morgan fingerprint density at radius 2 is 1.77 bits per heavy atom. The van der Waals surface area contributed by atoms with Crippen LogP contribution in [-0.4, -0.2) is 19.9 Å². The van der Waals surface area contributed by atoms with Gasteiger partial charge in [-0.3, -0.25) is 0 Å². The van der Waals surface area contributed by atoms with Crippen LogP contribution >= 0.6 is 0 Å². The summed E-state index contributed by atoms with van der Waals surface area (Å²) >= 11 is 0. The van der Waals surface area contributed by atoms with Crippen LogP contribution in [0.1, 0.15) is 25.5 Å². The van der Waals surface area contributed by atoms with E-state index in [2.05, 4.69) is 33.8 Å². The highest BCUT2D eigenvalue weighted by atomic mass is 14.9. The van der Waals surface area contributed by atoms with Crippen molar-refractivity contribution >= 4 is 11.2 Å². The summed E-state index contributed by atoms with van der Waals surface area (Å²) in [7, 11) is 0. The molecule has 4 heteroatoms. The Morgan fingerprint density at radius 3 is 2.54 bits per heavy atom. The van der Waals surface area contributed by atoms with E-state index in [4.69, 9.17) is 0 Å². The molecule has 0 N–H and O–H groups in total. The Bertz CT molecular complexity index is 419. The Morgan fingerprint density at radius 1 is 1.00 bits per heavy atom. The second-order valence-corrected chi connectivity index (χ2v) is 3.14. The lowest BCUT2D eigenvalue weighted by molar-refractivity contribution is 0.822. The van der Waals surface area contributed by atoms with Crippen molar-refractivity contribution in [3.05, 3.63) is 24.4 Å². The van der Waals surface area contributed by atoms with Gasteiger partial charge in [0.15, 0.2) is 5.65 Å². The molecule has 0 aromatic carbocycles. The third kappa shape index (κ3) is 1.35. The first-order valence-electron chi connectivity index (χ1n) is 4.20. The molecule has 0 atom stereocenters. The highest BCUT2D eigenvalue weighted by molar-refractivity contribution is 5.71. The van der Waals surface area contributed by atoms with Crippen LogP contribution in [-0.2, 0) is 0 Å². The topological polar surface area (TPSA) is 51.6 Å². The van der Waals surface area contributed by atoms with E-state index in [1.54, 1.807) is 12.4 Å². The molecule has 4 nitrogen and oxygen atoms in total. The molecule has 13 heavy (non-hydrogen) atoms. The summed E-state index contributed by atoms with van der Waals surface area (Å²) in [6.45, 7) is 4.16. The summed E-state index contributed by atoms with van der Waals surface area (Å²) in [4.78, 5) is 16.6. The minimum Gasteiger partial charge on any atom is -0.249 e. The molecule has 2 aromatic heterocycles. The first kappa shape index (κ1) is 8.04. The maximum Gasteiger partial charge on any atom is 0.181 e. The second kappa shape index (κ2) is 3.05.